The van der Waals surface area contributed by atoms with Gasteiger partial charge in [-0.2, -0.15) is 0 Å². The van der Waals surface area contributed by atoms with Crippen LogP contribution >= 0.6 is 11.6 Å². The molecule has 0 unspecified atom stereocenters. The number of amides is 1. The number of nitrogens with zero attached hydrogens (tertiary/aromatic N) is 1. The molecule has 28 heavy (non-hydrogen) atoms. The van der Waals surface area contributed by atoms with E-state index >= 15 is 0 Å². The average molecular weight is 429 g/mol. The zero-order valence-corrected chi connectivity index (χ0v) is 16.4. The fourth-order valence-corrected chi connectivity index (χ4v) is 4.93. The highest BCUT2D eigenvalue weighted by Gasteiger charge is 2.31. The standard InChI is InChI=1S/C19H19ClF2N2O3S/c20-15-4-1-3-13(11-15)12-28(26,27)24-9-7-14(8-10-24)19(25)23-18-16(21)5-2-6-17(18)22/h1-6,11,14H,7-10,12H2,(H,23,25). The summed E-state index contributed by atoms with van der Waals surface area (Å²) in [4.78, 5) is 12.3. The van der Waals surface area contributed by atoms with E-state index in [1.54, 1.807) is 24.3 Å². The maximum absolute atomic E-state index is 13.7. The van der Waals surface area contributed by atoms with E-state index in [4.69, 9.17) is 11.6 Å². The number of nitrogens with one attached hydrogen (secondary N) is 1. The van der Waals surface area contributed by atoms with Crippen LogP contribution in [-0.4, -0.2) is 31.7 Å². The Bertz CT molecular complexity index is 957. The van der Waals surface area contributed by atoms with Gasteiger partial charge in [0.25, 0.3) is 0 Å². The van der Waals surface area contributed by atoms with Crippen LogP contribution < -0.4 is 5.32 Å². The minimum Gasteiger partial charge on any atom is -0.321 e. The van der Waals surface area contributed by atoms with Gasteiger partial charge >= 0.3 is 0 Å². The van der Waals surface area contributed by atoms with Gasteiger partial charge in [0.15, 0.2) is 0 Å². The number of rotatable bonds is 5. The molecule has 1 heterocycles. The zero-order chi connectivity index (χ0) is 20.3. The minimum atomic E-state index is -3.55. The SMILES string of the molecule is O=C(Nc1c(F)cccc1F)C1CCN(S(=O)(=O)Cc2cccc(Cl)c2)CC1. The van der Waals surface area contributed by atoms with Crippen LogP contribution in [0, 0.1) is 17.6 Å². The van der Waals surface area contributed by atoms with E-state index in [-0.39, 0.29) is 31.7 Å². The van der Waals surface area contributed by atoms with Crippen molar-refractivity contribution >= 4 is 33.2 Å². The molecule has 0 aromatic heterocycles. The van der Waals surface area contributed by atoms with Crippen molar-refractivity contribution in [3.8, 4) is 0 Å². The molecule has 0 radical (unpaired) electrons. The lowest BCUT2D eigenvalue weighted by molar-refractivity contribution is -0.121. The molecule has 1 aliphatic heterocycles. The smallest absolute Gasteiger partial charge is 0.227 e. The van der Waals surface area contributed by atoms with Gasteiger partial charge < -0.3 is 5.32 Å². The van der Waals surface area contributed by atoms with Crippen LogP contribution in [0.3, 0.4) is 0 Å². The predicted molar refractivity (Wildman–Crippen MR) is 103 cm³/mol. The first-order valence-corrected chi connectivity index (χ1v) is 10.7. The number of piperidine rings is 1. The number of benzene rings is 2. The van der Waals surface area contributed by atoms with Gasteiger partial charge in [-0.1, -0.05) is 29.8 Å². The third-order valence-electron chi connectivity index (χ3n) is 4.67. The van der Waals surface area contributed by atoms with Gasteiger partial charge in [-0.05, 0) is 42.7 Å². The molecule has 1 N–H and O–H groups in total. The van der Waals surface area contributed by atoms with Crippen molar-refractivity contribution in [1.82, 2.24) is 4.31 Å². The molecule has 0 saturated carbocycles. The topological polar surface area (TPSA) is 66.5 Å². The van der Waals surface area contributed by atoms with Gasteiger partial charge in [0.05, 0.1) is 5.75 Å². The summed E-state index contributed by atoms with van der Waals surface area (Å²) in [7, 11) is -3.55. The Morgan fingerprint density at radius 2 is 1.71 bits per heavy atom. The molecule has 0 aliphatic carbocycles. The Kier molecular flexibility index (Phi) is 6.32. The summed E-state index contributed by atoms with van der Waals surface area (Å²) in [6.45, 7) is 0.335. The van der Waals surface area contributed by atoms with Crippen molar-refractivity contribution in [3.63, 3.8) is 0 Å². The Labute approximate surface area is 167 Å². The second-order valence-corrected chi connectivity index (χ2v) is 9.05. The maximum atomic E-state index is 13.7. The van der Waals surface area contributed by atoms with Crippen molar-refractivity contribution in [2.75, 3.05) is 18.4 Å². The van der Waals surface area contributed by atoms with Crippen molar-refractivity contribution < 1.29 is 22.0 Å². The van der Waals surface area contributed by atoms with E-state index in [1.165, 1.54) is 10.4 Å². The number of carbonyl (C=O) groups excluding carboxylic acids is 1. The minimum absolute atomic E-state index is 0.167. The molecular weight excluding hydrogens is 410 g/mol. The summed E-state index contributed by atoms with van der Waals surface area (Å²) >= 11 is 5.90. The summed E-state index contributed by atoms with van der Waals surface area (Å²) in [5.74, 6) is -2.91. The fraction of sp³-hybridized carbons (Fsp3) is 0.316. The second kappa shape index (κ2) is 8.55. The molecule has 0 atom stereocenters. The monoisotopic (exact) mass is 428 g/mol. The van der Waals surface area contributed by atoms with Gasteiger partial charge in [0.1, 0.15) is 17.3 Å². The Balaban J connectivity index is 1.60. The van der Waals surface area contributed by atoms with Crippen LogP contribution in [0.5, 0.6) is 0 Å². The summed E-state index contributed by atoms with van der Waals surface area (Å²) in [5.41, 5.74) is 0.103. The number of hydrogen-bond donors (Lipinski definition) is 1. The first-order valence-electron chi connectivity index (χ1n) is 8.73. The number of sulfonamides is 1. The van der Waals surface area contributed by atoms with E-state index in [0.717, 1.165) is 12.1 Å². The van der Waals surface area contributed by atoms with Gasteiger partial charge in [-0.15, -0.1) is 0 Å². The van der Waals surface area contributed by atoms with Gasteiger partial charge in [-0.25, -0.2) is 21.5 Å². The molecular formula is C19H19ClF2N2O3S. The molecule has 1 fully saturated rings. The number of halogens is 3. The second-order valence-electron chi connectivity index (χ2n) is 6.65. The van der Waals surface area contributed by atoms with Crippen molar-refractivity contribution in [1.29, 1.82) is 0 Å². The molecule has 1 amide bonds. The molecule has 0 spiro atoms. The number of anilines is 1. The van der Waals surface area contributed by atoms with Crippen molar-refractivity contribution in [2.45, 2.75) is 18.6 Å². The maximum Gasteiger partial charge on any atom is 0.227 e. The summed E-state index contributed by atoms with van der Waals surface area (Å²) < 4.78 is 53.9. The third-order valence-corrected chi connectivity index (χ3v) is 6.75. The molecule has 1 aliphatic rings. The number of para-hydroxylation sites is 1. The normalized spacial score (nSPS) is 16.1. The van der Waals surface area contributed by atoms with Crippen molar-refractivity contribution in [2.24, 2.45) is 5.92 Å². The summed E-state index contributed by atoms with van der Waals surface area (Å²) in [5, 5.41) is 2.74. The van der Waals surface area contributed by atoms with Crippen LogP contribution in [0.4, 0.5) is 14.5 Å². The third kappa shape index (κ3) is 4.87. The number of carbonyl (C=O) groups is 1. The van der Waals surface area contributed by atoms with E-state index in [9.17, 15) is 22.0 Å². The first kappa shape index (κ1) is 20.7. The summed E-state index contributed by atoms with van der Waals surface area (Å²) in [6, 6.07) is 9.97. The largest absolute Gasteiger partial charge is 0.321 e. The van der Waals surface area contributed by atoms with Crippen LogP contribution in [0.2, 0.25) is 5.02 Å². The predicted octanol–water partition coefficient (Wildman–Crippen LogP) is 3.80. The zero-order valence-electron chi connectivity index (χ0n) is 14.9. The van der Waals surface area contributed by atoms with E-state index in [0.29, 0.717) is 10.6 Å². The highest BCUT2D eigenvalue weighted by atomic mass is 35.5. The highest BCUT2D eigenvalue weighted by Crippen LogP contribution is 2.25. The van der Waals surface area contributed by atoms with E-state index in [1.807, 2.05) is 0 Å². The van der Waals surface area contributed by atoms with Crippen LogP contribution in [0.15, 0.2) is 42.5 Å². The van der Waals surface area contributed by atoms with Crippen LogP contribution in [-0.2, 0) is 20.6 Å². The first-order chi connectivity index (χ1) is 13.3. The van der Waals surface area contributed by atoms with Gasteiger partial charge in [0.2, 0.25) is 15.9 Å². The lowest BCUT2D eigenvalue weighted by atomic mass is 9.97. The molecule has 2 aromatic rings. The van der Waals surface area contributed by atoms with E-state index in [2.05, 4.69) is 5.32 Å². The molecule has 1 saturated heterocycles. The van der Waals surface area contributed by atoms with E-state index < -0.39 is 39.2 Å². The van der Waals surface area contributed by atoms with Gasteiger partial charge in [-0.3, -0.25) is 4.79 Å². The molecule has 150 valence electrons. The molecule has 3 rings (SSSR count). The van der Waals surface area contributed by atoms with Crippen LogP contribution in [0.1, 0.15) is 18.4 Å². The molecule has 5 nitrogen and oxygen atoms in total. The molecule has 9 heteroatoms. The van der Waals surface area contributed by atoms with Crippen LogP contribution in [0.25, 0.3) is 0 Å². The average Bonchev–Trinajstić information content (AvgIpc) is 2.64. The van der Waals surface area contributed by atoms with Crippen molar-refractivity contribution in [3.05, 3.63) is 64.7 Å². The summed E-state index contributed by atoms with van der Waals surface area (Å²) in [6.07, 6.45) is 0.549. The molecule has 0 bridgehead atoms. The Morgan fingerprint density at radius 3 is 2.32 bits per heavy atom. The quantitative estimate of drug-likeness (QED) is 0.787. The Hall–Kier alpha value is -2.03. The lowest BCUT2D eigenvalue weighted by Gasteiger charge is -2.30. The highest BCUT2D eigenvalue weighted by molar-refractivity contribution is 7.88. The lowest BCUT2D eigenvalue weighted by Crippen LogP contribution is -2.42. The van der Waals surface area contributed by atoms with Gasteiger partial charge in [0, 0.05) is 24.0 Å². The Morgan fingerprint density at radius 1 is 1.11 bits per heavy atom. The molecule has 2 aromatic carbocycles. The number of hydrogen-bond acceptors (Lipinski definition) is 3. The fourth-order valence-electron chi connectivity index (χ4n) is 3.17.